The van der Waals surface area contributed by atoms with Crippen molar-refractivity contribution in [1.82, 2.24) is 20.3 Å². The van der Waals surface area contributed by atoms with Gasteiger partial charge in [-0.15, -0.1) is 0 Å². The van der Waals surface area contributed by atoms with Crippen LogP contribution in [0.15, 0.2) is 41.8 Å². The number of rotatable bonds is 18. The Morgan fingerprint density at radius 2 is 1.69 bits per heavy atom. The first kappa shape index (κ1) is 43.5. The summed E-state index contributed by atoms with van der Waals surface area (Å²) in [6.45, 7) is 19.6. The van der Waals surface area contributed by atoms with Crippen LogP contribution in [0.2, 0.25) is 0 Å². The largest absolute Gasteiger partial charge is 0.468 e. The summed E-state index contributed by atoms with van der Waals surface area (Å²) in [6, 6.07) is 4.21. The number of carbonyl (C=O) groups excluding carboxylic acids is 3. The Morgan fingerprint density at radius 3 is 2.41 bits per heavy atom. The van der Waals surface area contributed by atoms with Gasteiger partial charge >= 0.3 is 11.9 Å². The molecular formula is C50H66N4O5. The van der Waals surface area contributed by atoms with E-state index in [1.165, 1.54) is 51.2 Å². The first-order valence-corrected chi connectivity index (χ1v) is 22.0. The van der Waals surface area contributed by atoms with E-state index in [0.29, 0.717) is 23.3 Å². The summed E-state index contributed by atoms with van der Waals surface area (Å²) in [5.41, 5.74) is 10.1. The number of ether oxygens (including phenoxy) is 2. The Balaban J connectivity index is 1.25. The lowest BCUT2D eigenvalue weighted by Crippen LogP contribution is -2.25. The van der Waals surface area contributed by atoms with E-state index >= 15 is 0 Å². The van der Waals surface area contributed by atoms with Crippen molar-refractivity contribution in [3.8, 4) is 0 Å². The van der Waals surface area contributed by atoms with Crippen molar-refractivity contribution in [2.24, 2.45) is 29.6 Å². The van der Waals surface area contributed by atoms with E-state index in [-0.39, 0.29) is 36.6 Å². The molecule has 1 aliphatic carbocycles. The number of carbonyl (C=O) groups is 3. The van der Waals surface area contributed by atoms with E-state index in [1.54, 1.807) is 0 Å². The number of allylic oxidation sites excluding steroid dienone is 3. The van der Waals surface area contributed by atoms with Gasteiger partial charge in [0.25, 0.3) is 0 Å². The second kappa shape index (κ2) is 19.3. The van der Waals surface area contributed by atoms with Crippen LogP contribution in [0.1, 0.15) is 156 Å². The van der Waals surface area contributed by atoms with Crippen molar-refractivity contribution < 1.29 is 23.9 Å². The third-order valence-electron chi connectivity index (χ3n) is 13.0. The number of aromatic nitrogens is 3. The molecule has 4 N–H and O–H groups in total. The topological polar surface area (TPSA) is 129 Å². The Hall–Kier alpha value is -5.05. The number of Topliss-reactive ketones (excluding diaryl/α,β-unsaturated/α-hetero) is 1. The fourth-order valence-electron chi connectivity index (χ4n) is 9.41. The van der Waals surface area contributed by atoms with E-state index in [1.807, 2.05) is 25.2 Å². The number of esters is 2. The molecule has 59 heavy (non-hydrogen) atoms. The second-order valence-electron chi connectivity index (χ2n) is 17.4. The van der Waals surface area contributed by atoms with Crippen molar-refractivity contribution in [3.63, 3.8) is 0 Å². The predicted molar refractivity (Wildman–Crippen MR) is 238 cm³/mol. The minimum atomic E-state index is -1.13. The molecule has 3 aliphatic rings. The normalized spacial score (nSPS) is 22.7. The Labute approximate surface area is 350 Å². The third kappa shape index (κ3) is 9.71. The van der Waals surface area contributed by atoms with E-state index in [0.717, 1.165) is 87.0 Å². The highest BCUT2D eigenvalue weighted by Gasteiger charge is 2.48. The van der Waals surface area contributed by atoms with Crippen molar-refractivity contribution in [2.75, 3.05) is 13.7 Å². The van der Waals surface area contributed by atoms with Gasteiger partial charge in [0.1, 0.15) is 12.5 Å². The van der Waals surface area contributed by atoms with Gasteiger partial charge < -0.3 is 29.7 Å². The van der Waals surface area contributed by atoms with Gasteiger partial charge in [-0.1, -0.05) is 91.4 Å². The number of aryl methyl sites for hydroxylation is 1. The van der Waals surface area contributed by atoms with E-state index in [4.69, 9.17) is 9.47 Å². The predicted octanol–water partition coefficient (Wildman–Crippen LogP) is 9.43. The minimum absolute atomic E-state index is 0.0784. The SMILES string of the molecule is C=Cc1cc2[nH]c1/C=c1/cc(CC)/c([nH]1)=C/c1[nH]c3c(c1C)C(=O)[C@H](C(=O)OC)/C3=C1/N/C(=C\2)[C@@H](C)[C@@H]1CCC(=O)OC/C=C(\C)CCC[C@H](C)CCC[C@H](C)CCC. The van der Waals surface area contributed by atoms with E-state index < -0.39 is 11.9 Å². The van der Waals surface area contributed by atoms with Crippen LogP contribution < -0.4 is 16.0 Å². The van der Waals surface area contributed by atoms with E-state index in [9.17, 15) is 14.4 Å². The minimum Gasteiger partial charge on any atom is -0.468 e. The summed E-state index contributed by atoms with van der Waals surface area (Å²) >= 11 is 0. The van der Waals surface area contributed by atoms with E-state index in [2.05, 4.69) is 92.7 Å². The first-order valence-electron chi connectivity index (χ1n) is 22.0. The number of hydrogen-bond acceptors (Lipinski definition) is 6. The number of hydrogen-bond donors (Lipinski definition) is 4. The summed E-state index contributed by atoms with van der Waals surface area (Å²) in [5, 5.41) is 5.55. The molecule has 0 unspecified atom stereocenters. The molecule has 3 aromatic rings. The van der Waals surface area contributed by atoms with Crippen LogP contribution in [-0.2, 0) is 25.5 Å². The molecule has 9 heteroatoms. The molecule has 1 saturated heterocycles. The van der Waals surface area contributed by atoms with Crippen LogP contribution in [0.25, 0.3) is 29.9 Å². The van der Waals surface area contributed by atoms with Crippen LogP contribution >= 0.6 is 0 Å². The summed E-state index contributed by atoms with van der Waals surface area (Å²) in [4.78, 5) is 51.8. The van der Waals surface area contributed by atoms with Gasteiger partial charge in [0.2, 0.25) is 0 Å². The number of ketones is 1. The van der Waals surface area contributed by atoms with Gasteiger partial charge in [0, 0.05) is 68.6 Å². The van der Waals surface area contributed by atoms with Crippen LogP contribution in [0.4, 0.5) is 0 Å². The molecule has 0 radical (unpaired) electrons. The number of aromatic amines is 3. The Bertz CT molecular complexity index is 2270. The molecule has 1 fully saturated rings. The lowest BCUT2D eigenvalue weighted by atomic mass is 9.85. The Morgan fingerprint density at radius 1 is 0.949 bits per heavy atom. The molecule has 0 amide bonds. The average molecular weight is 803 g/mol. The standard InChI is InChI=1S/C50H66N4O5/c1-10-15-29(4)16-13-17-30(5)18-14-19-31(6)22-23-59-43(55)21-20-38-32(7)39-26-36-24-34(11-2)41(51-36)27-37-25-35(12-3)42(52-37)28-40-33(8)44-48(54-40)45(47(38)53-39)46(49(44)56)50(57)58-9/h11,22,24-30,32,38,46,51-54H,2,10,12-21,23H2,1,3-9H3/b31-22+,37-27-,39-26-,42-28-,47-45-/t29-,30-,32+,38+,46-/m1/s1. The Kier molecular flexibility index (Phi) is 14.3. The molecule has 5 atom stereocenters. The van der Waals surface area contributed by atoms with Crippen molar-refractivity contribution in [3.05, 3.63) is 97.5 Å². The molecule has 5 heterocycles. The number of nitrogens with one attached hydrogen (secondary N) is 4. The number of H-pyrrole nitrogens is 3. The van der Waals surface area contributed by atoms with Gasteiger partial charge in [0.15, 0.2) is 5.78 Å². The highest BCUT2D eigenvalue weighted by molar-refractivity contribution is 6.24. The molecule has 2 aliphatic heterocycles. The zero-order chi connectivity index (χ0) is 42.4. The van der Waals surface area contributed by atoms with Gasteiger partial charge in [-0.3, -0.25) is 14.4 Å². The lowest BCUT2D eigenvalue weighted by Gasteiger charge is -2.19. The van der Waals surface area contributed by atoms with Crippen LogP contribution in [0, 0.1) is 36.5 Å². The van der Waals surface area contributed by atoms with Crippen molar-refractivity contribution >= 4 is 47.6 Å². The van der Waals surface area contributed by atoms with Crippen molar-refractivity contribution in [1.29, 1.82) is 0 Å². The maximum absolute atomic E-state index is 14.3. The summed E-state index contributed by atoms with van der Waals surface area (Å²) in [6.07, 6.45) is 21.4. The number of methoxy groups -OCH3 is 1. The van der Waals surface area contributed by atoms with Gasteiger partial charge in [-0.05, 0) is 104 Å². The quantitative estimate of drug-likeness (QED) is 0.0577. The summed E-state index contributed by atoms with van der Waals surface area (Å²) < 4.78 is 11.0. The maximum Gasteiger partial charge on any atom is 0.321 e. The van der Waals surface area contributed by atoms with Gasteiger partial charge in [-0.25, -0.2) is 0 Å². The van der Waals surface area contributed by atoms with Crippen LogP contribution in [-0.4, -0.2) is 46.4 Å². The molecule has 3 aromatic heterocycles. The van der Waals surface area contributed by atoms with Crippen LogP contribution in [0.5, 0.6) is 0 Å². The zero-order valence-corrected chi connectivity index (χ0v) is 36.7. The number of fused-ring (bicyclic) bond motifs is 7. The fourth-order valence-corrected chi connectivity index (χ4v) is 9.41. The summed E-state index contributed by atoms with van der Waals surface area (Å²) in [5.74, 6) is -1.04. The summed E-state index contributed by atoms with van der Waals surface area (Å²) in [7, 11) is 1.32. The molecule has 9 nitrogen and oxygen atoms in total. The van der Waals surface area contributed by atoms with Crippen molar-refractivity contribution in [2.45, 2.75) is 119 Å². The molecule has 316 valence electrons. The molecule has 8 bridgehead atoms. The lowest BCUT2D eigenvalue weighted by molar-refractivity contribution is -0.143. The molecular weight excluding hydrogens is 737 g/mol. The smallest absolute Gasteiger partial charge is 0.321 e. The fraction of sp³-hybridized carbons (Fsp3) is 0.500. The zero-order valence-electron chi connectivity index (χ0n) is 36.7. The first-order chi connectivity index (χ1) is 28.4. The average Bonchev–Trinajstić information content (AvgIpc) is 4.00. The molecule has 0 saturated carbocycles. The molecule has 0 aromatic carbocycles. The highest BCUT2D eigenvalue weighted by Crippen LogP contribution is 2.48. The second-order valence-corrected chi connectivity index (χ2v) is 17.4. The van der Waals surface area contributed by atoms with Crippen LogP contribution in [0.3, 0.4) is 0 Å². The van der Waals surface area contributed by atoms with Gasteiger partial charge in [0.05, 0.1) is 12.8 Å². The van der Waals surface area contributed by atoms with Gasteiger partial charge in [-0.2, -0.15) is 0 Å². The monoisotopic (exact) mass is 803 g/mol. The highest BCUT2D eigenvalue weighted by atomic mass is 16.5. The third-order valence-corrected chi connectivity index (χ3v) is 13.0. The molecule has 6 rings (SSSR count). The maximum atomic E-state index is 14.3. The molecule has 0 spiro atoms.